The van der Waals surface area contributed by atoms with Gasteiger partial charge in [-0.15, -0.1) is 0 Å². The smallest absolute Gasteiger partial charge is 0.318 e. The predicted molar refractivity (Wildman–Crippen MR) is 73.4 cm³/mol. The lowest BCUT2D eigenvalue weighted by molar-refractivity contribution is -0.151. The predicted octanol–water partition coefficient (Wildman–Crippen LogP) is 2.06. The summed E-state index contributed by atoms with van der Waals surface area (Å²) in [6.45, 7) is 6.07. The third-order valence-corrected chi connectivity index (χ3v) is 2.95. The second-order valence-electron chi connectivity index (χ2n) is 4.95. The van der Waals surface area contributed by atoms with E-state index in [4.69, 9.17) is 0 Å². The van der Waals surface area contributed by atoms with Gasteiger partial charge < -0.3 is 10.1 Å². The molecule has 0 spiro atoms. The lowest BCUT2D eigenvalue weighted by atomic mass is 9.95. The van der Waals surface area contributed by atoms with E-state index in [2.05, 4.69) is 10.1 Å². The van der Waals surface area contributed by atoms with E-state index in [9.17, 15) is 9.59 Å². The van der Waals surface area contributed by atoms with E-state index in [1.807, 2.05) is 45.0 Å². The van der Waals surface area contributed by atoms with Crippen molar-refractivity contribution in [1.29, 1.82) is 0 Å². The van der Waals surface area contributed by atoms with E-state index in [1.54, 1.807) is 0 Å². The number of amides is 1. The van der Waals surface area contributed by atoms with Crippen LogP contribution in [0.5, 0.6) is 0 Å². The lowest BCUT2D eigenvalue weighted by Gasteiger charge is -2.17. The number of nitrogens with one attached hydrogen (secondary N) is 1. The number of carbonyl (C=O) groups is 2. The number of hydrogen-bond acceptors (Lipinski definition) is 3. The van der Waals surface area contributed by atoms with Crippen LogP contribution < -0.4 is 5.32 Å². The molecule has 1 amide bonds. The number of carbonyl (C=O) groups excluding carboxylic acids is 2. The number of esters is 1. The Bertz CT molecular complexity index is 454. The van der Waals surface area contributed by atoms with Gasteiger partial charge in [-0.1, -0.05) is 43.7 Å². The molecule has 0 aliphatic carbocycles. The minimum atomic E-state index is -0.755. The molecule has 4 nitrogen and oxygen atoms in total. The first-order chi connectivity index (χ1) is 8.95. The summed E-state index contributed by atoms with van der Waals surface area (Å²) in [5.41, 5.74) is 2.15. The number of rotatable bonds is 5. The van der Waals surface area contributed by atoms with E-state index in [0.717, 1.165) is 11.1 Å². The molecule has 1 unspecified atom stereocenters. The second-order valence-corrected chi connectivity index (χ2v) is 4.95. The minimum Gasteiger partial charge on any atom is -0.468 e. The maximum atomic E-state index is 12.0. The van der Waals surface area contributed by atoms with Crippen molar-refractivity contribution in [2.45, 2.75) is 27.3 Å². The third kappa shape index (κ3) is 4.39. The normalized spacial score (nSPS) is 12.1. The number of aryl methyl sites for hydroxylation is 1. The van der Waals surface area contributed by atoms with Crippen LogP contribution in [0.25, 0.3) is 0 Å². The van der Waals surface area contributed by atoms with Crippen molar-refractivity contribution in [3.8, 4) is 0 Å². The van der Waals surface area contributed by atoms with Gasteiger partial charge >= 0.3 is 5.97 Å². The number of benzene rings is 1. The van der Waals surface area contributed by atoms with Gasteiger partial charge in [0.05, 0.1) is 7.11 Å². The number of methoxy groups -OCH3 is 1. The Morgan fingerprint density at radius 3 is 2.53 bits per heavy atom. The summed E-state index contributed by atoms with van der Waals surface area (Å²) in [5, 5.41) is 2.78. The fourth-order valence-electron chi connectivity index (χ4n) is 1.93. The largest absolute Gasteiger partial charge is 0.468 e. The zero-order valence-electron chi connectivity index (χ0n) is 11.9. The van der Waals surface area contributed by atoms with Gasteiger partial charge in [-0.25, -0.2) is 0 Å². The van der Waals surface area contributed by atoms with Crippen LogP contribution in [0, 0.1) is 18.8 Å². The highest BCUT2D eigenvalue weighted by Gasteiger charge is 2.30. The van der Waals surface area contributed by atoms with Crippen molar-refractivity contribution in [3.05, 3.63) is 35.4 Å². The number of ether oxygens (including phenoxy) is 1. The Hall–Kier alpha value is -1.84. The quantitative estimate of drug-likeness (QED) is 0.653. The average Bonchev–Trinajstić information content (AvgIpc) is 2.36. The maximum absolute atomic E-state index is 12.0. The molecule has 0 radical (unpaired) electrons. The van der Waals surface area contributed by atoms with Gasteiger partial charge in [0.15, 0.2) is 0 Å². The molecule has 1 aromatic rings. The fraction of sp³-hybridized carbons (Fsp3) is 0.467. The Labute approximate surface area is 114 Å². The Morgan fingerprint density at radius 1 is 1.32 bits per heavy atom. The van der Waals surface area contributed by atoms with Crippen LogP contribution >= 0.6 is 0 Å². The molecular formula is C15H21NO3. The highest BCUT2D eigenvalue weighted by Crippen LogP contribution is 2.13. The summed E-state index contributed by atoms with van der Waals surface area (Å²) in [5.74, 6) is -1.63. The van der Waals surface area contributed by atoms with E-state index in [-0.39, 0.29) is 11.8 Å². The second kappa shape index (κ2) is 6.92. The van der Waals surface area contributed by atoms with Gasteiger partial charge in [-0.3, -0.25) is 9.59 Å². The van der Waals surface area contributed by atoms with E-state index in [1.165, 1.54) is 7.11 Å². The molecule has 1 atom stereocenters. The highest BCUT2D eigenvalue weighted by molar-refractivity contribution is 5.97. The molecule has 0 aliphatic heterocycles. The van der Waals surface area contributed by atoms with Crippen molar-refractivity contribution in [2.75, 3.05) is 7.11 Å². The third-order valence-electron chi connectivity index (χ3n) is 2.95. The fourth-order valence-corrected chi connectivity index (χ4v) is 1.93. The molecule has 0 aromatic heterocycles. The molecule has 0 aliphatic rings. The van der Waals surface area contributed by atoms with Crippen LogP contribution in [-0.4, -0.2) is 19.0 Å². The molecule has 19 heavy (non-hydrogen) atoms. The minimum absolute atomic E-state index is 0.0926. The SMILES string of the molecule is COC(=O)C(C(=O)NCc1cccc(C)c1)C(C)C. The summed E-state index contributed by atoms with van der Waals surface area (Å²) in [6, 6.07) is 7.88. The standard InChI is InChI=1S/C15H21NO3/c1-10(2)13(15(18)19-4)14(17)16-9-12-7-5-6-11(3)8-12/h5-8,10,13H,9H2,1-4H3,(H,16,17). The molecule has 0 bridgehead atoms. The van der Waals surface area contributed by atoms with Gasteiger partial charge in [-0.05, 0) is 18.4 Å². The van der Waals surface area contributed by atoms with Crippen LogP contribution in [0.1, 0.15) is 25.0 Å². The van der Waals surface area contributed by atoms with Crippen molar-refractivity contribution < 1.29 is 14.3 Å². The summed E-state index contributed by atoms with van der Waals surface area (Å²) < 4.78 is 4.67. The van der Waals surface area contributed by atoms with Crippen molar-refractivity contribution in [1.82, 2.24) is 5.32 Å². The van der Waals surface area contributed by atoms with Gasteiger partial charge in [-0.2, -0.15) is 0 Å². The molecule has 0 saturated heterocycles. The lowest BCUT2D eigenvalue weighted by Crippen LogP contribution is -2.38. The summed E-state index contributed by atoms with van der Waals surface area (Å²) in [7, 11) is 1.30. The monoisotopic (exact) mass is 263 g/mol. The maximum Gasteiger partial charge on any atom is 0.318 e. The molecule has 0 heterocycles. The Balaban J connectivity index is 2.65. The molecule has 104 valence electrons. The topological polar surface area (TPSA) is 55.4 Å². The summed E-state index contributed by atoms with van der Waals surface area (Å²) in [4.78, 5) is 23.6. The summed E-state index contributed by atoms with van der Waals surface area (Å²) in [6.07, 6.45) is 0. The molecule has 0 saturated carbocycles. The molecule has 1 N–H and O–H groups in total. The van der Waals surface area contributed by atoms with Gasteiger partial charge in [0.2, 0.25) is 5.91 Å². The van der Waals surface area contributed by atoms with E-state index >= 15 is 0 Å². The van der Waals surface area contributed by atoms with Crippen molar-refractivity contribution in [2.24, 2.45) is 11.8 Å². The van der Waals surface area contributed by atoms with Gasteiger partial charge in [0.25, 0.3) is 0 Å². The Morgan fingerprint density at radius 2 is 2.00 bits per heavy atom. The zero-order chi connectivity index (χ0) is 14.4. The Kier molecular flexibility index (Phi) is 5.55. The molecule has 0 fully saturated rings. The van der Waals surface area contributed by atoms with Crippen molar-refractivity contribution >= 4 is 11.9 Å². The van der Waals surface area contributed by atoms with Crippen LogP contribution in [0.15, 0.2) is 24.3 Å². The van der Waals surface area contributed by atoms with Crippen LogP contribution in [-0.2, 0) is 20.9 Å². The van der Waals surface area contributed by atoms with Crippen LogP contribution in [0.4, 0.5) is 0 Å². The van der Waals surface area contributed by atoms with E-state index < -0.39 is 11.9 Å². The van der Waals surface area contributed by atoms with Gasteiger partial charge in [0, 0.05) is 6.54 Å². The zero-order valence-corrected chi connectivity index (χ0v) is 11.9. The average molecular weight is 263 g/mol. The number of hydrogen-bond donors (Lipinski definition) is 1. The molecule has 4 heteroatoms. The first-order valence-corrected chi connectivity index (χ1v) is 6.36. The molecule has 1 aromatic carbocycles. The first-order valence-electron chi connectivity index (χ1n) is 6.36. The first kappa shape index (κ1) is 15.2. The van der Waals surface area contributed by atoms with E-state index in [0.29, 0.717) is 6.54 Å². The van der Waals surface area contributed by atoms with Gasteiger partial charge in [0.1, 0.15) is 5.92 Å². The van der Waals surface area contributed by atoms with Crippen molar-refractivity contribution in [3.63, 3.8) is 0 Å². The molecule has 1 rings (SSSR count). The molecular weight excluding hydrogens is 242 g/mol. The van der Waals surface area contributed by atoms with Crippen LogP contribution in [0.2, 0.25) is 0 Å². The highest BCUT2D eigenvalue weighted by atomic mass is 16.5. The summed E-state index contributed by atoms with van der Waals surface area (Å²) >= 11 is 0. The van der Waals surface area contributed by atoms with Crippen LogP contribution in [0.3, 0.4) is 0 Å².